The number of aromatic nitrogens is 1. The first-order chi connectivity index (χ1) is 24.1. The Hall–Kier alpha value is -5.45. The summed E-state index contributed by atoms with van der Waals surface area (Å²) in [4.78, 5) is 44.5. The number of nitrogens with one attached hydrogen (secondary N) is 1. The number of methoxy groups -OCH3 is 2. The number of carbonyl (C=O) groups excluding carboxylic acids is 3. The van der Waals surface area contributed by atoms with E-state index >= 15 is 4.39 Å². The standard InChI is InChI=1S/C34H32F4N4O8S/c1-4-51(46,47)27-8-6-5-7-21(27)29-22(32(44)50-33(45)34(36,37)38)12-14-42(29)31(43)28(23-16-25(48-2)26(49-3)17-24(23)35)41-19-9-10-20-18(15-19)11-13-40-30(20)39/h5-11,13,15-17,22,28-29,41H,4,12,14H2,1-3H3,(H2,39,40)/t22-,28-,29-/m0/s1. The quantitative estimate of drug-likeness (QED) is 0.126. The minimum atomic E-state index is -5.51. The molecule has 17 heteroatoms. The van der Waals surface area contributed by atoms with E-state index in [4.69, 9.17) is 15.2 Å². The van der Waals surface area contributed by atoms with Crippen molar-refractivity contribution in [2.75, 3.05) is 37.6 Å². The van der Waals surface area contributed by atoms with E-state index in [0.717, 1.165) is 11.0 Å². The number of hydrogen-bond donors (Lipinski definition) is 2. The van der Waals surface area contributed by atoms with E-state index in [2.05, 4.69) is 15.0 Å². The van der Waals surface area contributed by atoms with Gasteiger partial charge in [-0.25, -0.2) is 22.6 Å². The van der Waals surface area contributed by atoms with Crippen molar-refractivity contribution in [2.24, 2.45) is 5.92 Å². The molecule has 0 saturated carbocycles. The van der Waals surface area contributed by atoms with Crippen LogP contribution in [0.3, 0.4) is 0 Å². The van der Waals surface area contributed by atoms with Crippen LogP contribution in [0.25, 0.3) is 10.8 Å². The second-order valence-electron chi connectivity index (χ2n) is 11.5. The smallest absolute Gasteiger partial charge is 0.491 e. The topological polar surface area (TPSA) is 167 Å². The Morgan fingerprint density at radius 1 is 1.04 bits per heavy atom. The van der Waals surface area contributed by atoms with Crippen molar-refractivity contribution >= 4 is 50.0 Å². The lowest BCUT2D eigenvalue weighted by Gasteiger charge is -2.33. The maximum Gasteiger partial charge on any atom is 0.491 e. The Labute approximate surface area is 289 Å². The van der Waals surface area contributed by atoms with Gasteiger partial charge in [-0.3, -0.25) is 9.59 Å². The summed E-state index contributed by atoms with van der Waals surface area (Å²) >= 11 is 0. The van der Waals surface area contributed by atoms with Gasteiger partial charge in [-0.15, -0.1) is 0 Å². The Morgan fingerprint density at radius 3 is 2.39 bits per heavy atom. The fourth-order valence-corrected chi connectivity index (χ4v) is 7.19. The predicted molar refractivity (Wildman–Crippen MR) is 176 cm³/mol. The Balaban J connectivity index is 1.67. The zero-order chi connectivity index (χ0) is 37.2. The number of ether oxygens (including phenoxy) is 3. The summed E-state index contributed by atoms with van der Waals surface area (Å²) in [6.07, 6.45) is -4.37. The molecule has 3 N–H and O–H groups in total. The molecule has 1 aliphatic rings. The Bertz CT molecular complexity index is 2110. The van der Waals surface area contributed by atoms with Crippen molar-refractivity contribution in [3.63, 3.8) is 0 Å². The molecule has 1 fully saturated rings. The third-order valence-electron chi connectivity index (χ3n) is 8.53. The number of pyridine rings is 1. The number of alkyl halides is 3. The minimum Gasteiger partial charge on any atom is -0.493 e. The van der Waals surface area contributed by atoms with Crippen molar-refractivity contribution in [1.29, 1.82) is 0 Å². The largest absolute Gasteiger partial charge is 0.493 e. The number of nitrogen functional groups attached to an aromatic ring is 1. The van der Waals surface area contributed by atoms with Crippen LogP contribution in [0.15, 0.2) is 71.8 Å². The number of esters is 2. The number of carbonyl (C=O) groups is 3. The highest BCUT2D eigenvalue weighted by atomic mass is 32.2. The molecule has 0 radical (unpaired) electrons. The van der Waals surface area contributed by atoms with Crippen LogP contribution in [-0.4, -0.2) is 68.8 Å². The second-order valence-corrected chi connectivity index (χ2v) is 13.7. The number of nitrogens with two attached hydrogens (primary N) is 1. The van der Waals surface area contributed by atoms with Gasteiger partial charge >= 0.3 is 18.1 Å². The van der Waals surface area contributed by atoms with E-state index in [1.165, 1.54) is 57.7 Å². The first-order valence-corrected chi connectivity index (χ1v) is 17.0. The summed E-state index contributed by atoms with van der Waals surface area (Å²) in [6, 6.07) is 10.9. The summed E-state index contributed by atoms with van der Waals surface area (Å²) in [5.74, 6) is -7.93. The van der Waals surface area contributed by atoms with E-state index in [1.807, 2.05) is 0 Å². The number of fused-ring (bicyclic) bond motifs is 1. The van der Waals surface area contributed by atoms with Crippen LogP contribution in [0.1, 0.15) is 36.6 Å². The van der Waals surface area contributed by atoms with Crippen LogP contribution < -0.4 is 20.5 Å². The molecule has 270 valence electrons. The normalized spacial score (nSPS) is 16.8. The van der Waals surface area contributed by atoms with Gasteiger partial charge in [0.25, 0.3) is 0 Å². The monoisotopic (exact) mass is 732 g/mol. The van der Waals surface area contributed by atoms with Crippen molar-refractivity contribution in [3.8, 4) is 11.5 Å². The molecule has 3 aromatic carbocycles. The molecule has 3 atom stereocenters. The number of halogens is 4. The lowest BCUT2D eigenvalue weighted by molar-refractivity contribution is -0.203. The summed E-state index contributed by atoms with van der Waals surface area (Å²) < 4.78 is 96.5. The number of likely N-dealkylation sites (tertiary alicyclic amines) is 1. The van der Waals surface area contributed by atoms with Gasteiger partial charge < -0.3 is 30.2 Å². The van der Waals surface area contributed by atoms with Gasteiger partial charge in [0.05, 0.1) is 36.8 Å². The first kappa shape index (κ1) is 36.8. The van der Waals surface area contributed by atoms with Gasteiger partial charge in [0.1, 0.15) is 17.7 Å². The molecule has 1 amide bonds. The van der Waals surface area contributed by atoms with Crippen molar-refractivity contribution in [2.45, 2.75) is 36.5 Å². The predicted octanol–water partition coefficient (Wildman–Crippen LogP) is 5.14. The molecule has 2 heterocycles. The number of nitrogens with zero attached hydrogens (tertiary/aromatic N) is 2. The summed E-state index contributed by atoms with van der Waals surface area (Å²) in [5, 5.41) is 4.21. The van der Waals surface area contributed by atoms with E-state index in [-0.39, 0.29) is 46.3 Å². The number of amides is 1. The van der Waals surface area contributed by atoms with Crippen molar-refractivity contribution < 1.29 is 54.6 Å². The van der Waals surface area contributed by atoms with Gasteiger partial charge in [0.15, 0.2) is 21.3 Å². The van der Waals surface area contributed by atoms with Crippen molar-refractivity contribution in [3.05, 3.63) is 83.8 Å². The maximum atomic E-state index is 15.9. The number of anilines is 2. The van der Waals surface area contributed by atoms with Gasteiger partial charge in [0.2, 0.25) is 5.91 Å². The number of sulfone groups is 1. The molecule has 1 saturated heterocycles. The molecule has 1 aliphatic heterocycles. The highest BCUT2D eigenvalue weighted by molar-refractivity contribution is 7.91. The third-order valence-corrected chi connectivity index (χ3v) is 10.3. The van der Waals surface area contributed by atoms with E-state index < -0.39 is 63.4 Å². The van der Waals surface area contributed by atoms with Gasteiger partial charge in [-0.2, -0.15) is 13.2 Å². The van der Waals surface area contributed by atoms with Gasteiger partial charge in [-0.05, 0) is 53.8 Å². The molecule has 0 aliphatic carbocycles. The van der Waals surface area contributed by atoms with Gasteiger partial charge in [0, 0.05) is 35.4 Å². The molecule has 0 bridgehead atoms. The molecule has 0 spiro atoms. The van der Waals surface area contributed by atoms with Crippen LogP contribution in [0.5, 0.6) is 11.5 Å². The molecule has 4 aromatic rings. The van der Waals surface area contributed by atoms with Crippen molar-refractivity contribution in [1.82, 2.24) is 9.88 Å². The first-order valence-electron chi connectivity index (χ1n) is 15.4. The SMILES string of the molecule is CCS(=O)(=O)c1ccccc1[C@H]1[C@@H](C(=O)OC(=O)C(F)(F)F)CCN1C(=O)[C@@H](Nc1ccc2c(N)nccc2c1)c1cc(OC)c(OC)cc1F. The average Bonchev–Trinajstić information content (AvgIpc) is 3.55. The van der Waals surface area contributed by atoms with Crippen LogP contribution in [-0.2, 0) is 29.0 Å². The average molecular weight is 733 g/mol. The number of rotatable bonds is 10. The Kier molecular flexibility index (Phi) is 10.4. The fourth-order valence-electron chi connectivity index (χ4n) is 6.05. The van der Waals surface area contributed by atoms with Crippen LogP contribution >= 0.6 is 0 Å². The highest BCUT2D eigenvalue weighted by Gasteiger charge is 2.49. The van der Waals surface area contributed by atoms with Gasteiger partial charge in [-0.1, -0.05) is 25.1 Å². The molecular formula is C34H32F4N4O8S. The molecule has 1 aromatic heterocycles. The molecule has 0 unspecified atom stereocenters. The van der Waals surface area contributed by atoms with E-state index in [9.17, 15) is 36.0 Å². The summed E-state index contributed by atoms with van der Waals surface area (Å²) in [7, 11) is -1.46. The maximum absolute atomic E-state index is 15.9. The molecule has 5 rings (SSSR count). The number of hydrogen-bond acceptors (Lipinski definition) is 11. The number of benzene rings is 3. The highest BCUT2D eigenvalue weighted by Crippen LogP contribution is 2.44. The van der Waals surface area contributed by atoms with E-state index in [0.29, 0.717) is 16.5 Å². The lowest BCUT2D eigenvalue weighted by atomic mass is 9.93. The molecule has 51 heavy (non-hydrogen) atoms. The molecule has 12 nitrogen and oxygen atoms in total. The zero-order valence-corrected chi connectivity index (χ0v) is 28.2. The fraction of sp³-hybridized carbons (Fsp3) is 0.294. The third kappa shape index (κ3) is 7.38. The van der Waals surface area contributed by atoms with E-state index in [1.54, 1.807) is 24.3 Å². The molecular weight excluding hydrogens is 700 g/mol. The van der Waals surface area contributed by atoms with Crippen LogP contribution in [0, 0.1) is 11.7 Å². The van der Waals surface area contributed by atoms with Crippen LogP contribution in [0.4, 0.5) is 29.1 Å². The van der Waals surface area contributed by atoms with Crippen LogP contribution in [0.2, 0.25) is 0 Å². The summed E-state index contributed by atoms with van der Waals surface area (Å²) in [5.41, 5.74) is 5.94. The summed E-state index contributed by atoms with van der Waals surface area (Å²) in [6.45, 7) is 1.04. The minimum absolute atomic E-state index is 0.00789. The second kappa shape index (κ2) is 14.4. The Morgan fingerprint density at radius 2 is 1.73 bits per heavy atom. The lowest BCUT2D eigenvalue weighted by Crippen LogP contribution is -2.41. The zero-order valence-electron chi connectivity index (χ0n) is 27.4.